The summed E-state index contributed by atoms with van der Waals surface area (Å²) in [5, 5.41) is 0. The van der Waals surface area contributed by atoms with Gasteiger partial charge in [0.05, 0.1) is 5.56 Å². The molecule has 1 saturated carbocycles. The van der Waals surface area contributed by atoms with E-state index < -0.39 is 17.6 Å². The molecule has 1 aromatic rings. The van der Waals surface area contributed by atoms with E-state index in [0.717, 1.165) is 25.2 Å². The zero-order chi connectivity index (χ0) is 19.4. The first-order valence-electron chi connectivity index (χ1n) is 9.42. The summed E-state index contributed by atoms with van der Waals surface area (Å²) in [4.78, 5) is 16.5. The van der Waals surface area contributed by atoms with E-state index in [9.17, 15) is 22.4 Å². The van der Waals surface area contributed by atoms with E-state index in [2.05, 4.69) is 4.90 Å². The highest BCUT2D eigenvalue weighted by atomic mass is 19.4. The second kappa shape index (κ2) is 8.42. The molecule has 3 rings (SSSR count). The second-order valence-electron chi connectivity index (χ2n) is 7.22. The number of carbonyl (C=O) groups excluding carboxylic acids is 1. The summed E-state index contributed by atoms with van der Waals surface area (Å²) in [6.45, 7) is 2.91. The highest BCUT2D eigenvalue weighted by molar-refractivity contribution is 5.91. The predicted molar refractivity (Wildman–Crippen MR) is 95.5 cm³/mol. The summed E-state index contributed by atoms with van der Waals surface area (Å²) in [6, 6.07) is 3.34. The lowest BCUT2D eigenvalue weighted by Gasteiger charge is -2.40. The first-order valence-corrected chi connectivity index (χ1v) is 9.42. The smallest absolute Gasteiger partial charge is 0.337 e. The third-order valence-electron chi connectivity index (χ3n) is 5.43. The molecule has 7 heteroatoms. The number of halogens is 4. The molecule has 148 valence electrons. The molecule has 3 nitrogen and oxygen atoms in total. The molecular formula is C20H24F4N2O. The van der Waals surface area contributed by atoms with Gasteiger partial charge in [-0.3, -0.25) is 9.69 Å². The molecule has 1 aliphatic carbocycles. The topological polar surface area (TPSA) is 23.6 Å². The lowest BCUT2D eigenvalue weighted by atomic mass is 9.94. The fraction of sp³-hybridized carbons (Fsp3) is 0.550. The van der Waals surface area contributed by atoms with Gasteiger partial charge in [0.2, 0.25) is 5.91 Å². The average Bonchev–Trinajstić information content (AvgIpc) is 2.67. The number of piperazine rings is 1. The SMILES string of the molecule is O=C(/C=C/c1ccc(F)c(C(F)(F)F)c1)N1CCN(C2CCCCC2)CC1. The van der Waals surface area contributed by atoms with E-state index in [4.69, 9.17) is 0 Å². The van der Waals surface area contributed by atoms with Crippen LogP contribution in [0, 0.1) is 5.82 Å². The first-order chi connectivity index (χ1) is 12.8. The molecule has 0 spiro atoms. The van der Waals surface area contributed by atoms with Gasteiger partial charge in [0.1, 0.15) is 5.82 Å². The van der Waals surface area contributed by atoms with Crippen LogP contribution in [0.25, 0.3) is 6.08 Å². The van der Waals surface area contributed by atoms with Crippen molar-refractivity contribution in [2.24, 2.45) is 0 Å². The molecule has 2 fully saturated rings. The monoisotopic (exact) mass is 384 g/mol. The molecule has 27 heavy (non-hydrogen) atoms. The molecule has 1 heterocycles. The summed E-state index contributed by atoms with van der Waals surface area (Å²) >= 11 is 0. The Labute approximate surface area is 156 Å². The minimum atomic E-state index is -4.76. The summed E-state index contributed by atoms with van der Waals surface area (Å²) in [5.74, 6) is -1.54. The number of amides is 1. The van der Waals surface area contributed by atoms with Gasteiger partial charge in [0, 0.05) is 38.3 Å². The molecule has 1 amide bonds. The van der Waals surface area contributed by atoms with Gasteiger partial charge in [0.25, 0.3) is 0 Å². The van der Waals surface area contributed by atoms with E-state index >= 15 is 0 Å². The molecule has 0 unspecified atom stereocenters. The summed E-state index contributed by atoms with van der Waals surface area (Å²) in [7, 11) is 0. The standard InChI is InChI=1S/C20H24F4N2O/c21-18-8-6-15(14-17(18)20(22,23)24)7-9-19(27)26-12-10-25(11-13-26)16-4-2-1-3-5-16/h6-9,14,16H,1-5,10-13H2/b9-7+. The zero-order valence-corrected chi connectivity index (χ0v) is 15.1. The minimum absolute atomic E-state index is 0.151. The largest absolute Gasteiger partial charge is 0.419 e. The van der Waals surface area contributed by atoms with Crippen LogP contribution in [0.5, 0.6) is 0 Å². The van der Waals surface area contributed by atoms with Crippen molar-refractivity contribution in [3.8, 4) is 0 Å². The van der Waals surface area contributed by atoms with Gasteiger partial charge in [-0.2, -0.15) is 13.2 Å². The van der Waals surface area contributed by atoms with Gasteiger partial charge in [-0.15, -0.1) is 0 Å². The number of benzene rings is 1. The zero-order valence-electron chi connectivity index (χ0n) is 15.1. The van der Waals surface area contributed by atoms with Crippen molar-refractivity contribution in [3.05, 3.63) is 41.2 Å². The van der Waals surface area contributed by atoms with Gasteiger partial charge in [-0.05, 0) is 36.6 Å². The van der Waals surface area contributed by atoms with Crippen LogP contribution < -0.4 is 0 Å². The molecule has 2 aliphatic rings. The van der Waals surface area contributed by atoms with Crippen molar-refractivity contribution in [2.45, 2.75) is 44.3 Å². The maximum atomic E-state index is 13.3. The van der Waals surface area contributed by atoms with Crippen molar-refractivity contribution in [1.29, 1.82) is 0 Å². The normalized spacial score (nSPS) is 20.4. The second-order valence-corrected chi connectivity index (χ2v) is 7.22. The summed E-state index contributed by atoms with van der Waals surface area (Å²) < 4.78 is 51.6. The van der Waals surface area contributed by atoms with Crippen LogP contribution in [0.1, 0.15) is 43.2 Å². The number of rotatable bonds is 3. The van der Waals surface area contributed by atoms with E-state index in [1.807, 2.05) is 0 Å². The maximum absolute atomic E-state index is 13.3. The number of carbonyl (C=O) groups is 1. The Bertz CT molecular complexity index is 688. The molecular weight excluding hydrogens is 360 g/mol. The van der Waals surface area contributed by atoms with Crippen LogP contribution in [0.3, 0.4) is 0 Å². The van der Waals surface area contributed by atoms with Gasteiger partial charge < -0.3 is 4.90 Å². The Morgan fingerprint density at radius 2 is 1.70 bits per heavy atom. The Hall–Kier alpha value is -1.89. The van der Waals surface area contributed by atoms with Crippen LogP contribution in [-0.2, 0) is 11.0 Å². The number of hydrogen-bond acceptors (Lipinski definition) is 2. The molecule has 1 saturated heterocycles. The molecule has 0 aromatic heterocycles. The fourth-order valence-electron chi connectivity index (χ4n) is 3.89. The van der Waals surface area contributed by atoms with E-state index in [0.29, 0.717) is 19.1 Å². The lowest BCUT2D eigenvalue weighted by Crippen LogP contribution is -2.52. The number of hydrogen-bond donors (Lipinski definition) is 0. The van der Waals surface area contributed by atoms with E-state index in [1.165, 1.54) is 50.3 Å². The molecule has 0 radical (unpaired) electrons. The van der Waals surface area contributed by atoms with Crippen molar-refractivity contribution >= 4 is 12.0 Å². The first kappa shape index (κ1) is 19.9. The van der Waals surface area contributed by atoms with Crippen molar-refractivity contribution < 1.29 is 22.4 Å². The van der Waals surface area contributed by atoms with Gasteiger partial charge in [0.15, 0.2) is 0 Å². The number of nitrogens with zero attached hydrogens (tertiary/aromatic N) is 2. The maximum Gasteiger partial charge on any atom is 0.419 e. The Balaban J connectivity index is 1.56. The fourth-order valence-corrected chi connectivity index (χ4v) is 3.89. The lowest BCUT2D eigenvalue weighted by molar-refractivity contribution is -0.140. The van der Waals surface area contributed by atoms with Gasteiger partial charge in [-0.1, -0.05) is 25.3 Å². The number of alkyl halides is 3. The average molecular weight is 384 g/mol. The molecule has 1 aliphatic heterocycles. The Morgan fingerprint density at radius 1 is 1.04 bits per heavy atom. The van der Waals surface area contributed by atoms with Crippen molar-refractivity contribution in [2.75, 3.05) is 26.2 Å². The van der Waals surface area contributed by atoms with Crippen LogP contribution in [0.4, 0.5) is 17.6 Å². The predicted octanol–water partition coefficient (Wildman–Crippen LogP) is 4.33. The third-order valence-corrected chi connectivity index (χ3v) is 5.43. The van der Waals surface area contributed by atoms with Crippen LogP contribution in [-0.4, -0.2) is 47.9 Å². The van der Waals surface area contributed by atoms with Gasteiger partial charge in [-0.25, -0.2) is 4.39 Å². The highest BCUT2D eigenvalue weighted by Gasteiger charge is 2.34. The molecule has 0 atom stereocenters. The highest BCUT2D eigenvalue weighted by Crippen LogP contribution is 2.32. The van der Waals surface area contributed by atoms with Crippen LogP contribution in [0.2, 0.25) is 0 Å². The van der Waals surface area contributed by atoms with Crippen molar-refractivity contribution in [3.63, 3.8) is 0 Å². The quantitative estimate of drug-likeness (QED) is 0.572. The molecule has 0 bridgehead atoms. The Kier molecular flexibility index (Phi) is 6.19. The minimum Gasteiger partial charge on any atom is -0.337 e. The van der Waals surface area contributed by atoms with Gasteiger partial charge >= 0.3 is 6.18 Å². The third kappa shape index (κ3) is 5.09. The molecule has 0 N–H and O–H groups in total. The summed E-state index contributed by atoms with van der Waals surface area (Å²) in [5.41, 5.74) is -1.17. The van der Waals surface area contributed by atoms with E-state index in [-0.39, 0.29) is 11.5 Å². The molecule has 1 aromatic carbocycles. The van der Waals surface area contributed by atoms with Crippen LogP contribution >= 0.6 is 0 Å². The Morgan fingerprint density at radius 3 is 2.33 bits per heavy atom. The van der Waals surface area contributed by atoms with E-state index in [1.54, 1.807) is 4.90 Å². The van der Waals surface area contributed by atoms with Crippen LogP contribution in [0.15, 0.2) is 24.3 Å². The summed E-state index contributed by atoms with van der Waals surface area (Å²) in [6.07, 6.45) is 4.11. The van der Waals surface area contributed by atoms with Crippen molar-refractivity contribution in [1.82, 2.24) is 9.80 Å².